The minimum atomic E-state index is -4.84. The fourth-order valence-corrected chi connectivity index (χ4v) is 2.65. The summed E-state index contributed by atoms with van der Waals surface area (Å²) in [4.78, 5) is 12.1. The monoisotopic (exact) mass is 432 g/mol. The Balaban J connectivity index is 1.88. The molecule has 0 radical (unpaired) electrons. The number of rotatable bonds is 3. The maximum atomic E-state index is 13.5. The third-order valence-corrected chi connectivity index (χ3v) is 4.27. The molecule has 0 saturated heterocycles. The van der Waals surface area contributed by atoms with Crippen molar-refractivity contribution >= 4 is 40.6 Å². The summed E-state index contributed by atoms with van der Waals surface area (Å²) in [5.41, 5.74) is -1.59. The van der Waals surface area contributed by atoms with E-state index in [0.29, 0.717) is 4.68 Å². The highest BCUT2D eigenvalue weighted by Crippen LogP contribution is 2.36. The molecule has 0 bridgehead atoms. The topological polar surface area (TPSA) is 59.0 Å². The summed E-state index contributed by atoms with van der Waals surface area (Å²) in [5, 5.41) is 8.53. The van der Waals surface area contributed by atoms with Crippen LogP contribution in [0.25, 0.3) is 5.69 Å². The van der Waals surface area contributed by atoms with Crippen molar-refractivity contribution in [3.8, 4) is 5.69 Å². The van der Waals surface area contributed by atoms with Crippen molar-refractivity contribution in [2.24, 2.45) is 0 Å². The lowest BCUT2D eigenvalue weighted by Crippen LogP contribution is -2.22. The van der Waals surface area contributed by atoms with Crippen LogP contribution in [-0.2, 0) is 6.18 Å². The van der Waals surface area contributed by atoms with Gasteiger partial charge in [-0.05, 0) is 42.5 Å². The predicted octanol–water partition coefficient (Wildman–Crippen LogP) is 5.98. The van der Waals surface area contributed by atoms with Gasteiger partial charge in [0.25, 0.3) is 0 Å². The van der Waals surface area contributed by atoms with E-state index in [0.717, 1.165) is 30.5 Å². The van der Waals surface area contributed by atoms with E-state index >= 15 is 0 Å². The first-order valence-corrected chi connectivity index (χ1v) is 8.35. The van der Waals surface area contributed by atoms with Gasteiger partial charge in [-0.1, -0.05) is 23.2 Å². The molecule has 2 aromatic carbocycles. The van der Waals surface area contributed by atoms with Gasteiger partial charge in [-0.15, -0.1) is 0 Å². The van der Waals surface area contributed by atoms with Crippen LogP contribution in [0.15, 0.2) is 48.7 Å². The number of benzene rings is 2. The van der Waals surface area contributed by atoms with Gasteiger partial charge in [-0.3, -0.25) is 0 Å². The van der Waals surface area contributed by atoms with Crippen molar-refractivity contribution in [2.45, 2.75) is 6.18 Å². The number of hydrogen-bond donors (Lipinski definition) is 2. The standard InChI is InChI=1S/C17H10Cl2F4N4O/c18-12-6-3-10(7-13(12)19)25-16(28)26-14-8-24-27(15(14)17(21,22)23)11-4-1-9(20)2-5-11/h1-8H,(H2,25,26,28). The number of carbonyl (C=O) groups excluding carboxylic acids is 1. The molecule has 146 valence electrons. The third-order valence-electron chi connectivity index (χ3n) is 3.53. The quantitative estimate of drug-likeness (QED) is 0.500. The van der Waals surface area contributed by atoms with Crippen LogP contribution in [-0.4, -0.2) is 15.8 Å². The highest BCUT2D eigenvalue weighted by Gasteiger charge is 2.39. The number of carbonyl (C=O) groups is 1. The van der Waals surface area contributed by atoms with Crippen LogP contribution in [0.1, 0.15) is 5.69 Å². The second-order valence-electron chi connectivity index (χ2n) is 5.50. The summed E-state index contributed by atoms with van der Waals surface area (Å²) in [5.74, 6) is -0.608. The van der Waals surface area contributed by atoms with Gasteiger partial charge in [0.1, 0.15) is 5.82 Å². The molecule has 0 unspecified atom stereocenters. The van der Waals surface area contributed by atoms with E-state index in [-0.39, 0.29) is 21.4 Å². The average molecular weight is 433 g/mol. The SMILES string of the molecule is O=C(Nc1ccc(Cl)c(Cl)c1)Nc1cnn(-c2ccc(F)cc2)c1C(F)(F)F. The lowest BCUT2D eigenvalue weighted by Gasteiger charge is -2.13. The van der Waals surface area contributed by atoms with Crippen LogP contribution >= 0.6 is 23.2 Å². The van der Waals surface area contributed by atoms with Crippen LogP contribution in [0.3, 0.4) is 0 Å². The molecule has 0 saturated carbocycles. The minimum Gasteiger partial charge on any atom is -0.308 e. The fourth-order valence-electron chi connectivity index (χ4n) is 2.35. The molecule has 0 aliphatic heterocycles. The molecule has 0 atom stereocenters. The Morgan fingerprint density at radius 3 is 2.29 bits per heavy atom. The van der Waals surface area contributed by atoms with E-state index in [1.807, 2.05) is 0 Å². The molecule has 28 heavy (non-hydrogen) atoms. The third kappa shape index (κ3) is 4.37. The lowest BCUT2D eigenvalue weighted by molar-refractivity contribution is -0.142. The number of halogens is 6. The first kappa shape index (κ1) is 20.0. The van der Waals surface area contributed by atoms with Gasteiger partial charge in [-0.2, -0.15) is 18.3 Å². The molecule has 2 amide bonds. The van der Waals surface area contributed by atoms with Crippen LogP contribution in [0, 0.1) is 5.82 Å². The van der Waals surface area contributed by atoms with Gasteiger partial charge in [0.05, 0.1) is 27.6 Å². The Morgan fingerprint density at radius 2 is 1.68 bits per heavy atom. The molecular weight excluding hydrogens is 423 g/mol. The summed E-state index contributed by atoms with van der Waals surface area (Å²) in [6.45, 7) is 0. The van der Waals surface area contributed by atoms with Crippen molar-refractivity contribution < 1.29 is 22.4 Å². The molecule has 3 rings (SSSR count). The zero-order chi connectivity index (χ0) is 20.5. The highest BCUT2D eigenvalue weighted by molar-refractivity contribution is 6.42. The average Bonchev–Trinajstić information content (AvgIpc) is 3.02. The van der Waals surface area contributed by atoms with Crippen LogP contribution in [0.2, 0.25) is 10.0 Å². The van der Waals surface area contributed by atoms with Crippen molar-refractivity contribution in [1.82, 2.24) is 9.78 Å². The Hall–Kier alpha value is -2.78. The molecule has 1 heterocycles. The van der Waals surface area contributed by atoms with Crippen molar-refractivity contribution in [1.29, 1.82) is 0 Å². The van der Waals surface area contributed by atoms with E-state index in [1.165, 1.54) is 18.2 Å². The van der Waals surface area contributed by atoms with E-state index in [1.54, 1.807) is 0 Å². The molecule has 0 aliphatic rings. The Kier molecular flexibility index (Phi) is 5.48. The van der Waals surface area contributed by atoms with E-state index in [2.05, 4.69) is 15.7 Å². The zero-order valence-corrected chi connectivity index (χ0v) is 15.2. The van der Waals surface area contributed by atoms with Gasteiger partial charge >= 0.3 is 12.2 Å². The minimum absolute atomic E-state index is 0.0216. The maximum absolute atomic E-state index is 13.5. The van der Waals surface area contributed by atoms with Crippen LogP contribution < -0.4 is 10.6 Å². The highest BCUT2D eigenvalue weighted by atomic mass is 35.5. The number of hydrogen-bond acceptors (Lipinski definition) is 2. The predicted molar refractivity (Wildman–Crippen MR) is 97.6 cm³/mol. The smallest absolute Gasteiger partial charge is 0.308 e. The Morgan fingerprint density at radius 1 is 1.00 bits per heavy atom. The number of urea groups is 1. The Labute approximate surface area is 165 Å². The lowest BCUT2D eigenvalue weighted by atomic mass is 10.3. The first-order valence-electron chi connectivity index (χ1n) is 7.59. The summed E-state index contributed by atoms with van der Waals surface area (Å²) in [6.07, 6.45) is -3.99. The molecule has 3 aromatic rings. The second kappa shape index (κ2) is 7.69. The number of alkyl halides is 3. The molecule has 0 aliphatic carbocycles. The van der Waals surface area contributed by atoms with Crippen LogP contribution in [0.5, 0.6) is 0 Å². The van der Waals surface area contributed by atoms with Crippen molar-refractivity contribution in [3.05, 3.63) is 70.2 Å². The maximum Gasteiger partial charge on any atom is 0.435 e. The van der Waals surface area contributed by atoms with E-state index < -0.39 is 29.4 Å². The summed E-state index contributed by atoms with van der Waals surface area (Å²) in [7, 11) is 0. The van der Waals surface area contributed by atoms with Gasteiger partial charge in [0.15, 0.2) is 5.69 Å². The molecule has 11 heteroatoms. The van der Waals surface area contributed by atoms with Gasteiger partial charge in [0.2, 0.25) is 0 Å². The normalized spacial score (nSPS) is 11.4. The van der Waals surface area contributed by atoms with E-state index in [9.17, 15) is 22.4 Å². The fraction of sp³-hybridized carbons (Fsp3) is 0.0588. The largest absolute Gasteiger partial charge is 0.435 e. The molecule has 5 nitrogen and oxygen atoms in total. The first-order chi connectivity index (χ1) is 13.1. The number of nitrogens with zero attached hydrogens (tertiary/aromatic N) is 2. The van der Waals surface area contributed by atoms with Crippen LogP contribution in [0.4, 0.5) is 33.7 Å². The van der Waals surface area contributed by atoms with Crippen molar-refractivity contribution in [3.63, 3.8) is 0 Å². The number of anilines is 2. The molecule has 0 fully saturated rings. The molecule has 0 spiro atoms. The molecule has 2 N–H and O–H groups in total. The number of amides is 2. The summed E-state index contributed by atoms with van der Waals surface area (Å²) < 4.78 is 54.2. The summed E-state index contributed by atoms with van der Waals surface area (Å²) >= 11 is 11.6. The summed E-state index contributed by atoms with van der Waals surface area (Å²) in [6, 6.07) is 7.53. The second-order valence-corrected chi connectivity index (χ2v) is 6.32. The molecule has 1 aromatic heterocycles. The van der Waals surface area contributed by atoms with Gasteiger partial charge < -0.3 is 10.6 Å². The van der Waals surface area contributed by atoms with Gasteiger partial charge in [0, 0.05) is 5.69 Å². The van der Waals surface area contributed by atoms with Gasteiger partial charge in [-0.25, -0.2) is 13.9 Å². The number of nitrogens with one attached hydrogen (secondary N) is 2. The zero-order valence-electron chi connectivity index (χ0n) is 13.7. The number of aromatic nitrogens is 2. The van der Waals surface area contributed by atoms with E-state index in [4.69, 9.17) is 23.2 Å². The van der Waals surface area contributed by atoms with Crippen molar-refractivity contribution in [2.75, 3.05) is 10.6 Å². The molecular formula is C17H10Cl2F4N4O. The Bertz CT molecular complexity index is 1020.